The summed E-state index contributed by atoms with van der Waals surface area (Å²) in [5.74, 6) is 1.54. The van der Waals surface area contributed by atoms with Crippen LogP contribution in [0.3, 0.4) is 0 Å². The molecule has 1 aliphatic rings. The maximum absolute atomic E-state index is 9.25. The van der Waals surface area contributed by atoms with Crippen LogP contribution in [0.4, 0.5) is 0 Å². The van der Waals surface area contributed by atoms with Crippen LogP contribution in [0.15, 0.2) is 6.20 Å². The molecule has 0 radical (unpaired) electrons. The third-order valence-corrected chi connectivity index (χ3v) is 3.95. The van der Waals surface area contributed by atoms with Gasteiger partial charge in [0.2, 0.25) is 0 Å². The molecular weight excluding hydrogens is 224 g/mol. The van der Waals surface area contributed by atoms with E-state index in [1.54, 1.807) is 0 Å². The minimum absolute atomic E-state index is 0.0497. The zero-order chi connectivity index (χ0) is 12.8. The predicted molar refractivity (Wildman–Crippen MR) is 72.4 cm³/mol. The van der Waals surface area contributed by atoms with Crippen molar-refractivity contribution in [3.63, 3.8) is 0 Å². The molecule has 0 aliphatic heterocycles. The van der Waals surface area contributed by atoms with Crippen molar-refractivity contribution in [3.05, 3.63) is 23.3 Å². The molecule has 0 aromatic carbocycles. The maximum Gasteiger partial charge on any atom is 0.131 e. The molecule has 2 rings (SSSR count). The Morgan fingerprint density at radius 1 is 1.17 bits per heavy atom. The van der Waals surface area contributed by atoms with Crippen molar-refractivity contribution in [1.82, 2.24) is 9.97 Å². The molecule has 1 N–H and O–H groups in total. The first kappa shape index (κ1) is 13.5. The minimum atomic E-state index is 0.0497. The average Bonchev–Trinajstić information content (AvgIpc) is 2.37. The van der Waals surface area contributed by atoms with Gasteiger partial charge in [0.25, 0.3) is 0 Å². The zero-order valence-corrected chi connectivity index (χ0v) is 11.4. The van der Waals surface area contributed by atoms with Crippen LogP contribution in [-0.4, -0.2) is 15.1 Å². The van der Waals surface area contributed by atoms with Gasteiger partial charge in [-0.05, 0) is 19.3 Å². The zero-order valence-electron chi connectivity index (χ0n) is 11.4. The van der Waals surface area contributed by atoms with Crippen LogP contribution >= 0.6 is 0 Å². The van der Waals surface area contributed by atoms with E-state index in [0.717, 1.165) is 23.5 Å². The van der Waals surface area contributed by atoms with Gasteiger partial charge in [-0.1, -0.05) is 39.0 Å². The summed E-state index contributed by atoms with van der Waals surface area (Å²) in [6.45, 7) is 2.14. The van der Waals surface area contributed by atoms with Gasteiger partial charge in [-0.3, -0.25) is 0 Å². The van der Waals surface area contributed by atoms with Crippen molar-refractivity contribution in [1.29, 1.82) is 0 Å². The Morgan fingerprint density at radius 3 is 2.44 bits per heavy atom. The van der Waals surface area contributed by atoms with Crippen LogP contribution in [-0.2, 0) is 13.0 Å². The molecule has 0 saturated heterocycles. The fourth-order valence-corrected chi connectivity index (χ4v) is 2.81. The second kappa shape index (κ2) is 6.83. The van der Waals surface area contributed by atoms with E-state index in [0.29, 0.717) is 5.92 Å². The van der Waals surface area contributed by atoms with E-state index >= 15 is 0 Å². The van der Waals surface area contributed by atoms with Gasteiger partial charge < -0.3 is 5.11 Å². The van der Waals surface area contributed by atoms with Crippen LogP contribution in [0.5, 0.6) is 0 Å². The van der Waals surface area contributed by atoms with E-state index in [-0.39, 0.29) is 6.61 Å². The van der Waals surface area contributed by atoms with Gasteiger partial charge in [0.1, 0.15) is 5.82 Å². The number of hydrogen-bond donors (Lipinski definition) is 1. The SMILES string of the molecule is CCc1nc(C2CCCCCCC2)ncc1CO. The molecular formula is C15H24N2O. The van der Waals surface area contributed by atoms with E-state index in [1.165, 1.54) is 44.9 Å². The van der Waals surface area contributed by atoms with E-state index in [9.17, 15) is 5.11 Å². The number of hydrogen-bond acceptors (Lipinski definition) is 3. The lowest BCUT2D eigenvalue weighted by Gasteiger charge is -2.19. The number of rotatable bonds is 3. The second-order valence-corrected chi connectivity index (χ2v) is 5.25. The Balaban J connectivity index is 2.15. The van der Waals surface area contributed by atoms with Gasteiger partial charge in [-0.15, -0.1) is 0 Å². The predicted octanol–water partition coefficient (Wildman–Crippen LogP) is 3.36. The molecule has 1 fully saturated rings. The Hall–Kier alpha value is -0.960. The van der Waals surface area contributed by atoms with E-state index < -0.39 is 0 Å². The summed E-state index contributed by atoms with van der Waals surface area (Å²) in [4.78, 5) is 9.17. The summed E-state index contributed by atoms with van der Waals surface area (Å²) in [5, 5.41) is 9.25. The summed E-state index contributed by atoms with van der Waals surface area (Å²) in [6, 6.07) is 0. The van der Waals surface area contributed by atoms with E-state index in [2.05, 4.69) is 16.9 Å². The van der Waals surface area contributed by atoms with E-state index in [1.807, 2.05) is 6.20 Å². The molecule has 1 aromatic rings. The summed E-state index contributed by atoms with van der Waals surface area (Å²) in [7, 11) is 0. The number of aliphatic hydroxyl groups is 1. The van der Waals surface area contributed by atoms with Crippen LogP contribution in [0.25, 0.3) is 0 Å². The first-order valence-corrected chi connectivity index (χ1v) is 7.30. The Kier molecular flexibility index (Phi) is 5.12. The fourth-order valence-electron chi connectivity index (χ4n) is 2.81. The van der Waals surface area contributed by atoms with Crippen molar-refractivity contribution in [2.45, 2.75) is 70.8 Å². The molecule has 3 heteroatoms. The van der Waals surface area contributed by atoms with Crippen molar-refractivity contribution >= 4 is 0 Å². The van der Waals surface area contributed by atoms with Gasteiger partial charge in [0, 0.05) is 23.4 Å². The molecule has 0 unspecified atom stereocenters. The first-order valence-electron chi connectivity index (χ1n) is 7.30. The molecule has 100 valence electrons. The fraction of sp³-hybridized carbons (Fsp3) is 0.733. The molecule has 1 aromatic heterocycles. The molecule has 1 saturated carbocycles. The average molecular weight is 248 g/mol. The lowest BCUT2D eigenvalue weighted by atomic mass is 9.90. The quantitative estimate of drug-likeness (QED) is 0.892. The highest BCUT2D eigenvalue weighted by Crippen LogP contribution is 2.29. The maximum atomic E-state index is 9.25. The number of aliphatic hydroxyl groups excluding tert-OH is 1. The Labute approximate surface area is 110 Å². The molecule has 0 spiro atoms. The van der Waals surface area contributed by atoms with Crippen LogP contribution in [0, 0.1) is 0 Å². The van der Waals surface area contributed by atoms with Crippen molar-refractivity contribution < 1.29 is 5.11 Å². The third kappa shape index (κ3) is 3.29. The highest BCUT2D eigenvalue weighted by molar-refractivity contribution is 5.18. The third-order valence-electron chi connectivity index (χ3n) is 3.95. The molecule has 1 heterocycles. The van der Waals surface area contributed by atoms with Gasteiger partial charge in [-0.2, -0.15) is 0 Å². The lowest BCUT2D eigenvalue weighted by Crippen LogP contribution is -2.10. The normalized spacial score (nSPS) is 18.3. The summed E-state index contributed by atoms with van der Waals surface area (Å²) >= 11 is 0. The number of nitrogens with zero attached hydrogens (tertiary/aromatic N) is 2. The monoisotopic (exact) mass is 248 g/mol. The molecule has 18 heavy (non-hydrogen) atoms. The van der Waals surface area contributed by atoms with Crippen molar-refractivity contribution in [2.75, 3.05) is 0 Å². The minimum Gasteiger partial charge on any atom is -0.392 e. The van der Waals surface area contributed by atoms with Crippen molar-refractivity contribution in [3.8, 4) is 0 Å². The second-order valence-electron chi connectivity index (χ2n) is 5.25. The lowest BCUT2D eigenvalue weighted by molar-refractivity contribution is 0.279. The molecule has 0 amide bonds. The van der Waals surface area contributed by atoms with Gasteiger partial charge >= 0.3 is 0 Å². The first-order chi connectivity index (χ1) is 8.85. The standard InChI is InChI=1S/C15H24N2O/c1-2-14-13(11-18)10-16-15(17-14)12-8-6-4-3-5-7-9-12/h10,12,18H,2-9,11H2,1H3. The largest absolute Gasteiger partial charge is 0.392 e. The van der Waals surface area contributed by atoms with Gasteiger partial charge in [0.05, 0.1) is 6.61 Å². The summed E-state index contributed by atoms with van der Waals surface area (Å²) < 4.78 is 0. The molecule has 1 aliphatic carbocycles. The smallest absolute Gasteiger partial charge is 0.131 e. The van der Waals surface area contributed by atoms with Crippen molar-refractivity contribution in [2.24, 2.45) is 0 Å². The topological polar surface area (TPSA) is 46.0 Å². The van der Waals surface area contributed by atoms with Gasteiger partial charge in [-0.25, -0.2) is 9.97 Å². The van der Waals surface area contributed by atoms with E-state index in [4.69, 9.17) is 0 Å². The number of aryl methyl sites for hydroxylation is 1. The highest BCUT2D eigenvalue weighted by Gasteiger charge is 2.17. The van der Waals surface area contributed by atoms with Crippen LogP contribution in [0.1, 0.15) is 74.9 Å². The molecule has 0 atom stereocenters. The Morgan fingerprint density at radius 2 is 1.83 bits per heavy atom. The van der Waals surface area contributed by atoms with Gasteiger partial charge in [0.15, 0.2) is 0 Å². The Bertz CT molecular complexity index is 371. The molecule has 3 nitrogen and oxygen atoms in total. The number of aromatic nitrogens is 2. The van der Waals surface area contributed by atoms with Crippen LogP contribution in [0.2, 0.25) is 0 Å². The molecule has 0 bridgehead atoms. The summed E-state index contributed by atoms with van der Waals surface area (Å²) in [5.41, 5.74) is 1.90. The summed E-state index contributed by atoms with van der Waals surface area (Å²) in [6.07, 6.45) is 11.8. The van der Waals surface area contributed by atoms with Crippen LogP contribution < -0.4 is 0 Å². The highest BCUT2D eigenvalue weighted by atomic mass is 16.3.